The highest BCUT2D eigenvalue weighted by Gasteiger charge is 2.52. The summed E-state index contributed by atoms with van der Waals surface area (Å²) in [6, 6.07) is 19.0. The molecule has 0 saturated carbocycles. The first kappa shape index (κ1) is 15.3. The second-order valence-corrected chi connectivity index (χ2v) is 6.40. The molecule has 2 aliphatic rings. The minimum absolute atomic E-state index is 0.101. The summed E-state index contributed by atoms with van der Waals surface area (Å²) in [5, 5.41) is 10.8. The first-order chi connectivity index (χ1) is 11.8. The van der Waals surface area contributed by atoms with Crippen molar-refractivity contribution < 1.29 is 14.7 Å². The predicted octanol–water partition coefficient (Wildman–Crippen LogP) is 1.82. The van der Waals surface area contributed by atoms with Gasteiger partial charge in [0.15, 0.2) is 0 Å². The maximum Gasteiger partial charge on any atom is 0.210 e. The molecule has 5 atom stereocenters. The van der Waals surface area contributed by atoms with Gasteiger partial charge in [0.05, 0.1) is 12.1 Å². The zero-order valence-corrected chi connectivity index (χ0v) is 13.2. The fourth-order valence-corrected chi connectivity index (χ4v) is 3.92. The Morgan fingerprint density at radius 3 is 2.46 bits per heavy atom. The number of aliphatic hydroxyl groups is 1. The SMILES string of the molecule is O=CN1C[C@@H]2[C@@H](c3ccccc3)ON[C@@H]2C1[C@@H](O)c1ccccc1. The quantitative estimate of drug-likeness (QED) is 0.842. The molecule has 0 aliphatic carbocycles. The Bertz CT molecular complexity index is 694. The smallest absolute Gasteiger partial charge is 0.210 e. The summed E-state index contributed by atoms with van der Waals surface area (Å²) in [6.45, 7) is 0.565. The third kappa shape index (κ3) is 2.51. The van der Waals surface area contributed by atoms with Crippen LogP contribution in [-0.2, 0) is 9.63 Å². The Morgan fingerprint density at radius 2 is 1.79 bits per heavy atom. The third-order valence-electron chi connectivity index (χ3n) is 5.08. The number of rotatable bonds is 4. The van der Waals surface area contributed by atoms with Crippen molar-refractivity contribution in [1.29, 1.82) is 0 Å². The summed E-state index contributed by atoms with van der Waals surface area (Å²) in [5.74, 6) is 0.112. The van der Waals surface area contributed by atoms with Crippen LogP contribution in [0.15, 0.2) is 60.7 Å². The molecule has 2 heterocycles. The lowest BCUT2D eigenvalue weighted by molar-refractivity contribution is -0.122. The number of nitrogens with zero attached hydrogens (tertiary/aromatic N) is 1. The molecule has 2 N–H and O–H groups in total. The molecule has 124 valence electrons. The van der Waals surface area contributed by atoms with Crippen LogP contribution in [-0.4, -0.2) is 35.0 Å². The van der Waals surface area contributed by atoms with E-state index in [-0.39, 0.29) is 24.1 Å². The minimum Gasteiger partial charge on any atom is -0.386 e. The van der Waals surface area contributed by atoms with E-state index >= 15 is 0 Å². The molecule has 1 amide bonds. The van der Waals surface area contributed by atoms with Crippen LogP contribution in [0, 0.1) is 5.92 Å². The summed E-state index contributed by atoms with van der Waals surface area (Å²) >= 11 is 0. The number of nitrogens with one attached hydrogen (secondary N) is 1. The van der Waals surface area contributed by atoms with Gasteiger partial charge in [0.25, 0.3) is 0 Å². The highest BCUT2D eigenvalue weighted by atomic mass is 16.7. The van der Waals surface area contributed by atoms with Gasteiger partial charge in [-0.15, -0.1) is 0 Å². The van der Waals surface area contributed by atoms with Gasteiger partial charge in [-0.2, -0.15) is 5.48 Å². The number of aliphatic hydroxyl groups excluding tert-OH is 1. The Labute approximate surface area is 140 Å². The predicted molar refractivity (Wildman–Crippen MR) is 88.6 cm³/mol. The van der Waals surface area contributed by atoms with Crippen molar-refractivity contribution in [2.24, 2.45) is 5.92 Å². The van der Waals surface area contributed by atoms with Crippen LogP contribution in [0.25, 0.3) is 0 Å². The summed E-state index contributed by atoms with van der Waals surface area (Å²) < 4.78 is 0. The van der Waals surface area contributed by atoms with E-state index in [0.717, 1.165) is 17.5 Å². The van der Waals surface area contributed by atoms with Gasteiger partial charge >= 0.3 is 0 Å². The third-order valence-corrected chi connectivity index (χ3v) is 5.08. The minimum atomic E-state index is -0.753. The first-order valence-electron chi connectivity index (χ1n) is 8.20. The lowest BCUT2D eigenvalue weighted by Crippen LogP contribution is -2.44. The van der Waals surface area contributed by atoms with Crippen LogP contribution < -0.4 is 5.48 Å². The largest absolute Gasteiger partial charge is 0.386 e. The van der Waals surface area contributed by atoms with E-state index in [2.05, 4.69) is 5.48 Å². The molecule has 2 aromatic rings. The van der Waals surface area contributed by atoms with Gasteiger partial charge in [-0.1, -0.05) is 60.7 Å². The number of benzene rings is 2. The van der Waals surface area contributed by atoms with Crippen molar-refractivity contribution in [3.8, 4) is 0 Å². The first-order valence-corrected chi connectivity index (χ1v) is 8.20. The molecule has 2 aromatic carbocycles. The van der Waals surface area contributed by atoms with Crippen molar-refractivity contribution >= 4 is 6.41 Å². The second kappa shape index (κ2) is 6.36. The number of hydrogen-bond acceptors (Lipinski definition) is 4. The lowest BCUT2D eigenvalue weighted by Gasteiger charge is -2.29. The summed E-state index contributed by atoms with van der Waals surface area (Å²) in [5.41, 5.74) is 4.96. The molecule has 0 radical (unpaired) electrons. The van der Waals surface area contributed by atoms with Crippen molar-refractivity contribution in [1.82, 2.24) is 10.4 Å². The standard InChI is InChI=1S/C19H20N2O3/c22-12-21-11-15-16(17(21)18(23)13-7-3-1-4-8-13)20-24-19(15)14-9-5-2-6-10-14/h1-10,12,15-20,23H,11H2/t15-,16-,17?,18-,19+/m0/s1. The summed E-state index contributed by atoms with van der Waals surface area (Å²) in [4.78, 5) is 19.1. The number of likely N-dealkylation sites (tertiary alicyclic amines) is 1. The van der Waals surface area contributed by atoms with E-state index in [4.69, 9.17) is 4.84 Å². The highest BCUT2D eigenvalue weighted by molar-refractivity contribution is 5.50. The lowest BCUT2D eigenvalue weighted by atomic mass is 9.88. The van der Waals surface area contributed by atoms with Crippen LogP contribution >= 0.6 is 0 Å². The van der Waals surface area contributed by atoms with Gasteiger partial charge < -0.3 is 10.0 Å². The van der Waals surface area contributed by atoms with E-state index < -0.39 is 6.10 Å². The molecule has 2 saturated heterocycles. The van der Waals surface area contributed by atoms with Crippen molar-refractivity contribution in [3.05, 3.63) is 71.8 Å². The molecule has 0 aromatic heterocycles. The summed E-state index contributed by atoms with van der Waals surface area (Å²) in [6.07, 6.45) is -0.0394. The second-order valence-electron chi connectivity index (χ2n) is 6.40. The Morgan fingerprint density at radius 1 is 1.12 bits per heavy atom. The monoisotopic (exact) mass is 324 g/mol. The van der Waals surface area contributed by atoms with Gasteiger partial charge in [-0.25, -0.2) is 0 Å². The number of amides is 1. The Hall–Kier alpha value is -2.21. The van der Waals surface area contributed by atoms with Crippen LogP contribution in [0.1, 0.15) is 23.3 Å². The van der Waals surface area contributed by atoms with Crippen molar-refractivity contribution in [2.75, 3.05) is 6.54 Å². The molecular formula is C19H20N2O3. The Balaban J connectivity index is 1.62. The topological polar surface area (TPSA) is 61.8 Å². The van der Waals surface area contributed by atoms with Crippen LogP contribution in [0.2, 0.25) is 0 Å². The average Bonchev–Trinajstić information content (AvgIpc) is 3.21. The molecule has 1 unspecified atom stereocenters. The van der Waals surface area contributed by atoms with Crippen molar-refractivity contribution in [2.45, 2.75) is 24.3 Å². The molecule has 4 rings (SSSR count). The van der Waals surface area contributed by atoms with E-state index in [9.17, 15) is 9.90 Å². The fourth-order valence-electron chi connectivity index (χ4n) is 3.92. The molecule has 5 heteroatoms. The zero-order valence-electron chi connectivity index (χ0n) is 13.2. The molecule has 2 aliphatic heterocycles. The normalized spacial score (nSPS) is 30.1. The maximum absolute atomic E-state index is 11.6. The number of carbonyl (C=O) groups excluding carboxylic acids is 1. The molecule has 2 fully saturated rings. The number of carbonyl (C=O) groups is 1. The molecular weight excluding hydrogens is 304 g/mol. The van der Waals surface area contributed by atoms with Gasteiger partial charge in [0, 0.05) is 12.5 Å². The van der Waals surface area contributed by atoms with Gasteiger partial charge in [0.2, 0.25) is 6.41 Å². The van der Waals surface area contributed by atoms with Crippen LogP contribution in [0.5, 0.6) is 0 Å². The zero-order chi connectivity index (χ0) is 16.5. The molecule has 24 heavy (non-hydrogen) atoms. The summed E-state index contributed by atoms with van der Waals surface area (Å²) in [7, 11) is 0. The van der Waals surface area contributed by atoms with Crippen LogP contribution in [0.3, 0.4) is 0 Å². The number of fused-ring (bicyclic) bond motifs is 1. The molecule has 5 nitrogen and oxygen atoms in total. The highest BCUT2D eigenvalue weighted by Crippen LogP contribution is 2.43. The van der Waals surface area contributed by atoms with E-state index in [1.807, 2.05) is 60.7 Å². The number of hydroxylamine groups is 1. The Kier molecular flexibility index (Phi) is 4.06. The van der Waals surface area contributed by atoms with Gasteiger partial charge in [-0.05, 0) is 11.1 Å². The van der Waals surface area contributed by atoms with E-state index in [0.29, 0.717) is 6.54 Å². The fraction of sp³-hybridized carbons (Fsp3) is 0.316. The van der Waals surface area contributed by atoms with Gasteiger partial charge in [-0.3, -0.25) is 9.63 Å². The average molecular weight is 324 g/mol. The van der Waals surface area contributed by atoms with Crippen molar-refractivity contribution in [3.63, 3.8) is 0 Å². The van der Waals surface area contributed by atoms with E-state index in [1.54, 1.807) is 4.90 Å². The molecule has 0 bridgehead atoms. The molecule has 0 spiro atoms. The van der Waals surface area contributed by atoms with Crippen LogP contribution in [0.4, 0.5) is 0 Å². The van der Waals surface area contributed by atoms with Gasteiger partial charge in [0.1, 0.15) is 12.2 Å². The van der Waals surface area contributed by atoms with E-state index in [1.165, 1.54) is 0 Å². The number of hydrogen-bond donors (Lipinski definition) is 2. The maximum atomic E-state index is 11.6.